The van der Waals surface area contributed by atoms with Crippen molar-refractivity contribution in [3.05, 3.63) is 32.9 Å². The molecule has 0 aliphatic rings. The van der Waals surface area contributed by atoms with Gasteiger partial charge in [0.2, 0.25) is 5.82 Å². The Morgan fingerprint density at radius 2 is 2.27 bits per heavy atom. The van der Waals surface area contributed by atoms with Crippen LogP contribution < -0.4 is 11.2 Å². The highest BCUT2D eigenvalue weighted by atomic mass is 127. The summed E-state index contributed by atoms with van der Waals surface area (Å²) in [5.41, 5.74) is -2.21. The SMILES string of the molecule is CC(I)OC(=O)n1cc(F)c(=O)[nH]c1=O. The number of halogens is 2. The van der Waals surface area contributed by atoms with Gasteiger partial charge < -0.3 is 4.74 Å². The Morgan fingerprint density at radius 1 is 1.67 bits per heavy atom. The summed E-state index contributed by atoms with van der Waals surface area (Å²) >= 11 is 1.79. The van der Waals surface area contributed by atoms with E-state index in [1.807, 2.05) is 0 Å². The van der Waals surface area contributed by atoms with E-state index in [0.29, 0.717) is 10.8 Å². The van der Waals surface area contributed by atoms with Gasteiger partial charge in [-0.3, -0.25) is 9.78 Å². The molecule has 6 nitrogen and oxygen atoms in total. The zero-order chi connectivity index (χ0) is 11.6. The second-order valence-electron chi connectivity index (χ2n) is 2.53. The predicted molar refractivity (Wildman–Crippen MR) is 56.6 cm³/mol. The molecule has 0 saturated heterocycles. The van der Waals surface area contributed by atoms with Gasteiger partial charge in [-0.15, -0.1) is 0 Å². The Kier molecular flexibility index (Phi) is 3.61. The summed E-state index contributed by atoms with van der Waals surface area (Å²) in [5, 5.41) is 0. The van der Waals surface area contributed by atoms with E-state index in [2.05, 4.69) is 4.74 Å². The molecule has 1 unspecified atom stereocenters. The van der Waals surface area contributed by atoms with Crippen LogP contribution in [0.25, 0.3) is 0 Å². The molecule has 8 heteroatoms. The molecule has 0 amide bonds. The standard InChI is InChI=1S/C7H6FIN2O4/c1-3(9)15-7(14)11-2-4(8)5(12)10-6(11)13/h2-3H,1H3,(H,10,12,13). The van der Waals surface area contributed by atoms with Gasteiger partial charge in [0.1, 0.15) is 0 Å². The van der Waals surface area contributed by atoms with Crippen LogP contribution in [0.5, 0.6) is 0 Å². The third-order valence-electron chi connectivity index (χ3n) is 1.36. The van der Waals surface area contributed by atoms with Crippen molar-refractivity contribution in [1.29, 1.82) is 0 Å². The molecule has 1 aromatic heterocycles. The Bertz CT molecular complexity index is 492. The van der Waals surface area contributed by atoms with E-state index in [0.717, 1.165) is 0 Å². The molecule has 0 fully saturated rings. The first-order chi connectivity index (χ1) is 6.91. The summed E-state index contributed by atoms with van der Waals surface area (Å²) in [6, 6.07) is 0. The number of rotatable bonds is 1. The van der Waals surface area contributed by atoms with Crippen molar-refractivity contribution in [1.82, 2.24) is 9.55 Å². The maximum atomic E-state index is 12.7. The minimum atomic E-state index is -1.23. The van der Waals surface area contributed by atoms with E-state index in [-0.39, 0.29) is 0 Å². The normalized spacial score (nSPS) is 12.2. The second-order valence-corrected chi connectivity index (χ2v) is 4.29. The summed E-state index contributed by atoms with van der Waals surface area (Å²) in [6.45, 7) is 1.56. The van der Waals surface area contributed by atoms with E-state index in [1.165, 1.54) is 0 Å². The summed E-state index contributed by atoms with van der Waals surface area (Å²) < 4.78 is 17.3. The van der Waals surface area contributed by atoms with Crippen LogP contribution >= 0.6 is 22.6 Å². The zero-order valence-electron chi connectivity index (χ0n) is 7.49. The third-order valence-corrected chi connectivity index (χ3v) is 1.61. The highest BCUT2D eigenvalue weighted by Crippen LogP contribution is 2.01. The van der Waals surface area contributed by atoms with Gasteiger partial charge in [0, 0.05) is 0 Å². The number of aromatic nitrogens is 2. The van der Waals surface area contributed by atoms with Crippen molar-refractivity contribution in [2.45, 2.75) is 11.0 Å². The summed E-state index contributed by atoms with van der Waals surface area (Å²) in [4.78, 5) is 34.5. The molecule has 0 saturated carbocycles. The molecule has 0 aromatic carbocycles. The van der Waals surface area contributed by atoms with E-state index in [9.17, 15) is 18.8 Å². The largest absolute Gasteiger partial charge is 0.435 e. The minimum Gasteiger partial charge on any atom is -0.435 e. The summed E-state index contributed by atoms with van der Waals surface area (Å²) in [6.07, 6.45) is -0.556. The van der Waals surface area contributed by atoms with Crippen molar-refractivity contribution >= 4 is 28.7 Å². The Labute approximate surface area is 96.2 Å². The van der Waals surface area contributed by atoms with Gasteiger partial charge in [0.05, 0.1) is 6.20 Å². The number of alkyl halides is 1. The van der Waals surface area contributed by atoms with Gasteiger partial charge >= 0.3 is 11.8 Å². The van der Waals surface area contributed by atoms with E-state index in [1.54, 1.807) is 34.5 Å². The molecule has 82 valence electrons. The number of H-pyrrole nitrogens is 1. The first-order valence-corrected chi connectivity index (χ1v) is 5.03. The first kappa shape index (κ1) is 11.9. The Morgan fingerprint density at radius 3 is 2.80 bits per heavy atom. The van der Waals surface area contributed by atoms with Gasteiger partial charge in [0.25, 0.3) is 5.56 Å². The number of aromatic amines is 1. The number of carbonyl (C=O) groups excluding carboxylic acids is 1. The van der Waals surface area contributed by atoms with Crippen LogP contribution in [0.3, 0.4) is 0 Å². The van der Waals surface area contributed by atoms with E-state index in [4.69, 9.17) is 0 Å². The molecule has 1 N–H and O–H groups in total. The van der Waals surface area contributed by atoms with Crippen LogP contribution in [-0.4, -0.2) is 19.8 Å². The number of carbonyl (C=O) groups is 1. The molecule has 0 aliphatic heterocycles. The summed E-state index contributed by atoms with van der Waals surface area (Å²) in [5.74, 6) is -1.23. The monoisotopic (exact) mass is 328 g/mol. The predicted octanol–water partition coefficient (Wildman–Crippen LogP) is 0.441. The third kappa shape index (κ3) is 2.88. The lowest BCUT2D eigenvalue weighted by Gasteiger charge is -2.07. The average Bonchev–Trinajstić information content (AvgIpc) is 2.09. The van der Waals surface area contributed by atoms with Crippen LogP contribution in [-0.2, 0) is 4.74 Å². The molecule has 1 aromatic rings. The van der Waals surface area contributed by atoms with Gasteiger partial charge in [-0.25, -0.2) is 14.2 Å². The molecule has 0 spiro atoms. The molecule has 1 rings (SSSR count). The number of nitrogens with one attached hydrogen (secondary N) is 1. The fraction of sp³-hybridized carbons (Fsp3) is 0.286. The molecule has 1 atom stereocenters. The first-order valence-electron chi connectivity index (χ1n) is 3.78. The molecular weight excluding hydrogens is 322 g/mol. The lowest BCUT2D eigenvalue weighted by atomic mass is 10.6. The highest BCUT2D eigenvalue weighted by Gasteiger charge is 2.13. The number of nitrogens with zero attached hydrogens (tertiary/aromatic N) is 1. The van der Waals surface area contributed by atoms with Crippen LogP contribution in [0.1, 0.15) is 6.92 Å². The van der Waals surface area contributed by atoms with Gasteiger partial charge in [-0.2, -0.15) is 4.39 Å². The lowest BCUT2D eigenvalue weighted by Crippen LogP contribution is -2.36. The van der Waals surface area contributed by atoms with Gasteiger partial charge in [-0.1, -0.05) is 0 Å². The fourth-order valence-corrected chi connectivity index (χ4v) is 0.996. The zero-order valence-corrected chi connectivity index (χ0v) is 9.65. The molecule has 0 bridgehead atoms. The minimum absolute atomic E-state index is 0.353. The topological polar surface area (TPSA) is 81.2 Å². The molecule has 0 aliphatic carbocycles. The van der Waals surface area contributed by atoms with E-state index < -0.39 is 27.3 Å². The van der Waals surface area contributed by atoms with Gasteiger partial charge in [-0.05, 0) is 29.5 Å². The van der Waals surface area contributed by atoms with Crippen molar-refractivity contribution in [3.63, 3.8) is 0 Å². The lowest BCUT2D eigenvalue weighted by molar-refractivity contribution is 0.146. The quantitative estimate of drug-likeness (QED) is 0.599. The number of hydrogen-bond donors (Lipinski definition) is 1. The average molecular weight is 328 g/mol. The van der Waals surface area contributed by atoms with Crippen LogP contribution in [0.4, 0.5) is 9.18 Å². The molecular formula is C7H6FIN2O4. The van der Waals surface area contributed by atoms with Crippen LogP contribution in [0.2, 0.25) is 0 Å². The van der Waals surface area contributed by atoms with Crippen LogP contribution in [0, 0.1) is 5.82 Å². The molecule has 0 radical (unpaired) electrons. The van der Waals surface area contributed by atoms with E-state index >= 15 is 0 Å². The Hall–Kier alpha value is -1.19. The maximum absolute atomic E-state index is 12.7. The number of hydrogen-bond acceptors (Lipinski definition) is 4. The Balaban J connectivity index is 3.16. The van der Waals surface area contributed by atoms with Crippen LogP contribution in [0.15, 0.2) is 15.8 Å². The molecule has 15 heavy (non-hydrogen) atoms. The maximum Gasteiger partial charge on any atom is 0.423 e. The fourth-order valence-electron chi connectivity index (χ4n) is 0.779. The number of ether oxygens (including phenoxy) is 1. The van der Waals surface area contributed by atoms with Crippen molar-refractivity contribution < 1.29 is 13.9 Å². The second kappa shape index (κ2) is 4.55. The van der Waals surface area contributed by atoms with Crippen molar-refractivity contribution in [2.24, 2.45) is 0 Å². The van der Waals surface area contributed by atoms with Gasteiger partial charge in [0.15, 0.2) is 4.11 Å². The molecule has 1 heterocycles. The van der Waals surface area contributed by atoms with Crippen molar-refractivity contribution in [2.75, 3.05) is 0 Å². The highest BCUT2D eigenvalue weighted by molar-refractivity contribution is 14.1. The summed E-state index contributed by atoms with van der Waals surface area (Å²) in [7, 11) is 0. The van der Waals surface area contributed by atoms with Crippen molar-refractivity contribution in [3.8, 4) is 0 Å². The smallest absolute Gasteiger partial charge is 0.423 e.